The van der Waals surface area contributed by atoms with Crippen molar-refractivity contribution in [3.8, 4) is 0 Å². The molecule has 194 valence electrons. The van der Waals surface area contributed by atoms with Gasteiger partial charge in [0, 0.05) is 11.1 Å². The van der Waals surface area contributed by atoms with Gasteiger partial charge >= 0.3 is 0 Å². The van der Waals surface area contributed by atoms with Gasteiger partial charge in [-0.2, -0.15) is 0 Å². The first-order valence-electron chi connectivity index (χ1n) is 13.6. The van der Waals surface area contributed by atoms with Crippen molar-refractivity contribution in [2.75, 3.05) is 13.1 Å². The van der Waals surface area contributed by atoms with Crippen molar-refractivity contribution >= 4 is 10.9 Å². The van der Waals surface area contributed by atoms with E-state index in [0.717, 1.165) is 61.9 Å². The van der Waals surface area contributed by atoms with Gasteiger partial charge in [-0.05, 0) is 110 Å². The summed E-state index contributed by atoms with van der Waals surface area (Å²) < 4.78 is 1.93. The number of aromatic amines is 1. The summed E-state index contributed by atoms with van der Waals surface area (Å²) in [5, 5.41) is 14.1. The van der Waals surface area contributed by atoms with Crippen LogP contribution in [-0.4, -0.2) is 43.2 Å². The van der Waals surface area contributed by atoms with Crippen LogP contribution in [0.5, 0.6) is 0 Å². The fraction of sp³-hybridized carbons (Fsp3) is 0.467. The van der Waals surface area contributed by atoms with Crippen LogP contribution < -0.4 is 5.56 Å². The number of pyridine rings is 1. The lowest BCUT2D eigenvalue weighted by molar-refractivity contribution is 0.137. The van der Waals surface area contributed by atoms with Gasteiger partial charge in [-0.15, -0.1) is 5.10 Å². The Labute approximate surface area is 218 Å². The monoisotopic (exact) mass is 498 g/mol. The Morgan fingerprint density at radius 2 is 1.78 bits per heavy atom. The van der Waals surface area contributed by atoms with E-state index in [1.54, 1.807) is 0 Å². The van der Waals surface area contributed by atoms with E-state index in [-0.39, 0.29) is 17.1 Å². The van der Waals surface area contributed by atoms with Gasteiger partial charge in [0.05, 0.1) is 5.54 Å². The molecule has 1 aliphatic rings. The fourth-order valence-electron chi connectivity index (χ4n) is 5.50. The van der Waals surface area contributed by atoms with E-state index in [9.17, 15) is 4.79 Å². The van der Waals surface area contributed by atoms with E-state index in [1.165, 1.54) is 11.1 Å². The number of rotatable bonds is 8. The van der Waals surface area contributed by atoms with E-state index in [1.807, 2.05) is 10.7 Å². The second-order valence-electron chi connectivity index (χ2n) is 11.0. The Morgan fingerprint density at radius 3 is 2.49 bits per heavy atom. The highest BCUT2D eigenvalue weighted by molar-refractivity contribution is 5.80. The number of nitrogens with one attached hydrogen (secondary N) is 1. The Balaban J connectivity index is 1.53. The van der Waals surface area contributed by atoms with Crippen LogP contribution in [0.4, 0.5) is 0 Å². The van der Waals surface area contributed by atoms with Crippen molar-refractivity contribution in [2.45, 2.75) is 71.4 Å². The third-order valence-electron chi connectivity index (χ3n) is 8.20. The Morgan fingerprint density at radius 1 is 1.03 bits per heavy atom. The van der Waals surface area contributed by atoms with Crippen LogP contribution in [0.3, 0.4) is 0 Å². The highest BCUT2D eigenvalue weighted by Gasteiger charge is 2.36. The summed E-state index contributed by atoms with van der Waals surface area (Å²) in [6, 6.07) is 18.8. The molecule has 37 heavy (non-hydrogen) atoms. The average molecular weight is 499 g/mol. The number of tetrazole rings is 1. The molecule has 1 unspecified atom stereocenters. The predicted octanol–water partition coefficient (Wildman–Crippen LogP) is 5.27. The largest absolute Gasteiger partial charge is 0.322 e. The maximum absolute atomic E-state index is 13.5. The number of H-pyrrole nitrogens is 1. The molecule has 0 bridgehead atoms. The molecule has 7 nitrogen and oxygen atoms in total. The Bertz CT molecular complexity index is 1400. The van der Waals surface area contributed by atoms with Crippen LogP contribution in [0, 0.1) is 5.92 Å². The van der Waals surface area contributed by atoms with E-state index in [2.05, 4.69) is 102 Å². The second-order valence-corrected chi connectivity index (χ2v) is 11.0. The van der Waals surface area contributed by atoms with Crippen molar-refractivity contribution in [1.29, 1.82) is 0 Å². The fourth-order valence-corrected chi connectivity index (χ4v) is 5.50. The number of aryl methyl sites for hydroxylation is 1. The zero-order chi connectivity index (χ0) is 26.0. The third-order valence-corrected chi connectivity index (χ3v) is 8.20. The molecular weight excluding hydrogens is 460 g/mol. The van der Waals surface area contributed by atoms with Gasteiger partial charge in [-0.3, -0.25) is 9.69 Å². The quantitative estimate of drug-likeness (QED) is 0.358. The lowest BCUT2D eigenvalue weighted by Crippen LogP contribution is -2.42. The highest BCUT2D eigenvalue weighted by Crippen LogP contribution is 2.34. The number of fused-ring (bicyclic) bond motifs is 1. The molecule has 3 heterocycles. The molecule has 0 aliphatic carbocycles. The zero-order valence-electron chi connectivity index (χ0n) is 22.4. The highest BCUT2D eigenvalue weighted by atomic mass is 16.1. The van der Waals surface area contributed by atoms with Crippen LogP contribution in [0.2, 0.25) is 0 Å². The van der Waals surface area contributed by atoms with E-state index in [4.69, 9.17) is 0 Å². The van der Waals surface area contributed by atoms with Crippen LogP contribution in [0.1, 0.15) is 75.5 Å². The Kier molecular flexibility index (Phi) is 7.24. The van der Waals surface area contributed by atoms with Gasteiger partial charge in [-0.25, -0.2) is 4.68 Å². The molecule has 2 aromatic heterocycles. The van der Waals surface area contributed by atoms with Crippen molar-refractivity contribution < 1.29 is 0 Å². The van der Waals surface area contributed by atoms with E-state index < -0.39 is 0 Å². The number of piperidine rings is 1. The molecule has 0 amide bonds. The minimum absolute atomic E-state index is 0.0722. The molecule has 0 spiro atoms. The van der Waals surface area contributed by atoms with Crippen LogP contribution >= 0.6 is 0 Å². The van der Waals surface area contributed by atoms with Gasteiger partial charge in [0.1, 0.15) is 6.04 Å². The topological polar surface area (TPSA) is 79.7 Å². The predicted molar refractivity (Wildman–Crippen MR) is 148 cm³/mol. The number of aromatic nitrogens is 5. The van der Waals surface area contributed by atoms with Gasteiger partial charge in [-0.1, -0.05) is 50.2 Å². The second kappa shape index (κ2) is 10.6. The molecule has 4 aromatic rings. The van der Waals surface area contributed by atoms with Crippen LogP contribution in [-0.2, 0) is 18.4 Å². The molecule has 1 fully saturated rings. The maximum atomic E-state index is 13.5. The zero-order valence-corrected chi connectivity index (χ0v) is 22.4. The van der Waals surface area contributed by atoms with Gasteiger partial charge in [0.15, 0.2) is 5.82 Å². The minimum Gasteiger partial charge on any atom is -0.322 e. The number of nitrogens with zero attached hydrogens (tertiary/aromatic N) is 5. The summed E-state index contributed by atoms with van der Waals surface area (Å²) in [4.78, 5) is 19.1. The van der Waals surface area contributed by atoms with Crippen LogP contribution in [0.15, 0.2) is 59.4 Å². The Hall–Kier alpha value is -3.32. The first-order chi connectivity index (χ1) is 17.9. The lowest BCUT2D eigenvalue weighted by atomic mass is 9.88. The van der Waals surface area contributed by atoms with Crippen molar-refractivity contribution in [1.82, 2.24) is 30.1 Å². The maximum Gasteiger partial charge on any atom is 0.253 e. The van der Waals surface area contributed by atoms with Crippen LogP contribution in [0.25, 0.3) is 10.9 Å². The number of likely N-dealkylation sites (tertiary alicyclic amines) is 1. The molecule has 1 N–H and O–H groups in total. The lowest BCUT2D eigenvalue weighted by Gasteiger charge is -2.38. The van der Waals surface area contributed by atoms with Gasteiger partial charge < -0.3 is 4.98 Å². The number of benzene rings is 2. The first-order valence-corrected chi connectivity index (χ1v) is 13.6. The summed E-state index contributed by atoms with van der Waals surface area (Å²) in [6.07, 6.45) is 5.08. The molecule has 7 heteroatoms. The van der Waals surface area contributed by atoms with Crippen molar-refractivity contribution in [3.05, 3.63) is 87.5 Å². The summed E-state index contributed by atoms with van der Waals surface area (Å²) in [7, 11) is 0. The summed E-state index contributed by atoms with van der Waals surface area (Å²) >= 11 is 0. The average Bonchev–Trinajstić information content (AvgIpc) is 3.41. The molecule has 2 aromatic carbocycles. The van der Waals surface area contributed by atoms with Crippen molar-refractivity contribution in [3.63, 3.8) is 0 Å². The molecule has 1 saturated heterocycles. The molecule has 0 saturated carbocycles. The van der Waals surface area contributed by atoms with Gasteiger partial charge in [0.25, 0.3) is 5.56 Å². The van der Waals surface area contributed by atoms with Gasteiger partial charge in [0.2, 0.25) is 0 Å². The summed E-state index contributed by atoms with van der Waals surface area (Å²) in [5.74, 6) is 1.37. The summed E-state index contributed by atoms with van der Waals surface area (Å²) in [5.41, 5.74) is 3.88. The number of hydrogen-bond acceptors (Lipinski definition) is 5. The van der Waals surface area contributed by atoms with E-state index in [0.29, 0.717) is 11.5 Å². The standard InChI is InChI=1S/C30H38N6O/c1-5-21-12-13-26-24(19-21)20-25(29(37)31-26)27(28-32-33-34-36(28)30(3,4)6-2)35-16-14-23(15-17-35)18-22-10-8-7-9-11-22/h7-13,19-20,23,27H,5-6,14-18H2,1-4H3,(H,31,37). The SMILES string of the molecule is CCc1ccc2[nH]c(=O)c(C(c3nnnn3C(C)(C)CC)N3CCC(Cc4ccccc4)CC3)cc2c1. The number of hydrogen-bond donors (Lipinski definition) is 1. The molecular formula is C30H38N6O. The van der Waals surface area contributed by atoms with Crippen molar-refractivity contribution in [2.24, 2.45) is 5.92 Å². The molecule has 1 aliphatic heterocycles. The smallest absolute Gasteiger partial charge is 0.253 e. The molecule has 1 atom stereocenters. The third kappa shape index (κ3) is 5.23. The molecule has 0 radical (unpaired) electrons. The normalized spacial score (nSPS) is 16.3. The molecule has 5 rings (SSSR count). The first kappa shape index (κ1) is 25.3. The summed E-state index contributed by atoms with van der Waals surface area (Å²) in [6.45, 7) is 10.4. The van der Waals surface area contributed by atoms with E-state index >= 15 is 0 Å². The minimum atomic E-state index is -0.308.